The van der Waals surface area contributed by atoms with Gasteiger partial charge in [-0.2, -0.15) is 0 Å². The molecule has 6 nitrogen and oxygen atoms in total. The van der Waals surface area contributed by atoms with Crippen molar-refractivity contribution in [2.24, 2.45) is 7.05 Å². The molecule has 1 amide bonds. The Balaban J connectivity index is 1.37. The van der Waals surface area contributed by atoms with Crippen molar-refractivity contribution in [1.29, 1.82) is 0 Å². The molecule has 0 bridgehead atoms. The van der Waals surface area contributed by atoms with Crippen LogP contribution in [0.5, 0.6) is 5.75 Å². The van der Waals surface area contributed by atoms with Crippen LogP contribution in [0.15, 0.2) is 65.8 Å². The summed E-state index contributed by atoms with van der Waals surface area (Å²) in [6.07, 6.45) is 0. The lowest BCUT2D eigenvalue weighted by Crippen LogP contribution is -2.15. The molecule has 8 heteroatoms. The number of para-hydroxylation sites is 1. The number of rotatable bonds is 7. The first kappa shape index (κ1) is 20.9. The van der Waals surface area contributed by atoms with Gasteiger partial charge in [0.2, 0.25) is 5.91 Å². The van der Waals surface area contributed by atoms with E-state index in [-0.39, 0.29) is 24.0 Å². The van der Waals surface area contributed by atoms with E-state index in [0.717, 1.165) is 16.7 Å². The lowest BCUT2D eigenvalue weighted by atomic mass is 10.0. The smallest absolute Gasteiger partial charge is 0.234 e. The minimum absolute atomic E-state index is 0.0882. The minimum atomic E-state index is -0.470. The second-order valence-electron chi connectivity index (χ2n) is 6.97. The Morgan fingerprint density at radius 2 is 1.87 bits per heavy atom. The molecular weight excluding hydrogens is 415 g/mol. The van der Waals surface area contributed by atoms with Crippen LogP contribution in [-0.2, 0) is 18.4 Å². The number of anilines is 1. The maximum Gasteiger partial charge on any atom is 0.234 e. The van der Waals surface area contributed by atoms with Crippen LogP contribution in [0, 0.1) is 12.7 Å². The summed E-state index contributed by atoms with van der Waals surface area (Å²) in [5.74, 6) is 0.737. The fraction of sp³-hybridized carbons (Fsp3) is 0.174. The molecule has 0 fully saturated rings. The number of aryl methyl sites for hydroxylation is 1. The zero-order valence-electron chi connectivity index (χ0n) is 17.1. The summed E-state index contributed by atoms with van der Waals surface area (Å²) in [5.41, 5.74) is 1.23. The molecule has 0 saturated carbocycles. The summed E-state index contributed by atoms with van der Waals surface area (Å²) < 4.78 is 21.4. The van der Waals surface area contributed by atoms with Crippen molar-refractivity contribution in [2.75, 3.05) is 11.1 Å². The van der Waals surface area contributed by atoms with Crippen LogP contribution < -0.4 is 10.1 Å². The summed E-state index contributed by atoms with van der Waals surface area (Å²) in [4.78, 5) is 12.1. The number of halogens is 1. The third-order valence-corrected chi connectivity index (χ3v) is 5.93. The normalized spacial score (nSPS) is 10.9. The lowest BCUT2D eigenvalue weighted by Gasteiger charge is -2.11. The van der Waals surface area contributed by atoms with Crippen molar-refractivity contribution in [3.05, 3.63) is 77.9 Å². The van der Waals surface area contributed by atoms with Crippen LogP contribution in [0.3, 0.4) is 0 Å². The fourth-order valence-corrected chi connectivity index (χ4v) is 3.91. The highest BCUT2D eigenvalue weighted by Crippen LogP contribution is 2.28. The van der Waals surface area contributed by atoms with Gasteiger partial charge in [0.15, 0.2) is 11.0 Å². The summed E-state index contributed by atoms with van der Waals surface area (Å²) >= 11 is 1.23. The number of hydrogen-bond donors (Lipinski definition) is 1. The largest absolute Gasteiger partial charge is 0.485 e. The molecule has 0 aliphatic carbocycles. The van der Waals surface area contributed by atoms with Crippen LogP contribution in [0.4, 0.5) is 10.1 Å². The van der Waals surface area contributed by atoms with Gasteiger partial charge in [-0.3, -0.25) is 4.79 Å². The van der Waals surface area contributed by atoms with Gasteiger partial charge in [-0.25, -0.2) is 4.39 Å². The standard InChI is InChI=1S/C23H21FN4O2S/c1-15-17-8-4-3-7-16(17)11-12-20(15)30-13-21-26-27-23(28(21)2)31-14-22(29)25-19-10-6-5-9-18(19)24/h3-12H,13-14H2,1-2H3,(H,25,29). The third-order valence-electron chi connectivity index (χ3n) is 4.91. The Labute approximate surface area is 183 Å². The molecule has 0 aliphatic heterocycles. The molecular formula is C23H21FN4O2S. The average Bonchev–Trinajstić information content (AvgIpc) is 3.13. The van der Waals surface area contributed by atoms with Gasteiger partial charge in [0, 0.05) is 7.05 Å². The van der Waals surface area contributed by atoms with Crippen LogP contribution in [0.25, 0.3) is 10.8 Å². The molecule has 1 heterocycles. The van der Waals surface area contributed by atoms with Gasteiger partial charge in [-0.05, 0) is 41.5 Å². The maximum absolute atomic E-state index is 13.7. The van der Waals surface area contributed by atoms with E-state index in [0.29, 0.717) is 11.0 Å². The number of thioether (sulfide) groups is 1. The van der Waals surface area contributed by atoms with Crippen molar-refractivity contribution in [3.8, 4) is 5.75 Å². The molecule has 0 saturated heterocycles. The number of amides is 1. The first-order valence-corrected chi connectivity index (χ1v) is 10.7. The van der Waals surface area contributed by atoms with Crippen molar-refractivity contribution in [2.45, 2.75) is 18.7 Å². The quantitative estimate of drug-likeness (QED) is 0.425. The highest BCUT2D eigenvalue weighted by molar-refractivity contribution is 7.99. The Hall–Kier alpha value is -3.39. The molecule has 0 aliphatic rings. The van der Waals surface area contributed by atoms with Crippen molar-refractivity contribution >= 4 is 34.1 Å². The van der Waals surface area contributed by atoms with E-state index in [4.69, 9.17) is 4.74 Å². The second-order valence-corrected chi connectivity index (χ2v) is 7.92. The number of nitrogens with one attached hydrogen (secondary N) is 1. The number of ether oxygens (including phenoxy) is 1. The van der Waals surface area contributed by atoms with Gasteiger partial charge in [-0.15, -0.1) is 10.2 Å². The van der Waals surface area contributed by atoms with Crippen molar-refractivity contribution < 1.29 is 13.9 Å². The summed E-state index contributed by atoms with van der Waals surface area (Å²) in [6.45, 7) is 2.29. The van der Waals surface area contributed by atoms with E-state index in [9.17, 15) is 9.18 Å². The van der Waals surface area contributed by atoms with Crippen LogP contribution in [-0.4, -0.2) is 26.4 Å². The molecule has 0 radical (unpaired) electrons. The monoisotopic (exact) mass is 436 g/mol. The number of carbonyl (C=O) groups excluding carboxylic acids is 1. The molecule has 0 spiro atoms. The van der Waals surface area contributed by atoms with E-state index in [1.807, 2.05) is 38.2 Å². The molecule has 0 atom stereocenters. The van der Waals surface area contributed by atoms with Gasteiger partial charge in [0.05, 0.1) is 11.4 Å². The maximum atomic E-state index is 13.7. The SMILES string of the molecule is Cc1c(OCc2nnc(SCC(=O)Nc3ccccc3F)n2C)ccc2ccccc12. The minimum Gasteiger partial charge on any atom is -0.485 e. The second kappa shape index (κ2) is 9.18. The van der Waals surface area contributed by atoms with E-state index in [1.165, 1.54) is 29.3 Å². The highest BCUT2D eigenvalue weighted by atomic mass is 32.2. The first-order valence-electron chi connectivity index (χ1n) is 9.69. The van der Waals surface area contributed by atoms with Gasteiger partial charge in [-0.1, -0.05) is 54.2 Å². The van der Waals surface area contributed by atoms with E-state index >= 15 is 0 Å². The number of carbonyl (C=O) groups is 1. The molecule has 1 N–H and O–H groups in total. The zero-order valence-corrected chi connectivity index (χ0v) is 17.9. The molecule has 4 aromatic rings. The third kappa shape index (κ3) is 4.69. The number of aromatic nitrogens is 3. The molecule has 4 rings (SSSR count). The molecule has 31 heavy (non-hydrogen) atoms. The van der Waals surface area contributed by atoms with Gasteiger partial charge in [0.25, 0.3) is 0 Å². The zero-order chi connectivity index (χ0) is 21.8. The van der Waals surface area contributed by atoms with Crippen LogP contribution >= 0.6 is 11.8 Å². The Morgan fingerprint density at radius 1 is 1.10 bits per heavy atom. The number of benzene rings is 3. The fourth-order valence-electron chi connectivity index (χ4n) is 3.18. The predicted octanol–water partition coefficient (Wildman–Crippen LogP) is 4.73. The Kier molecular flexibility index (Phi) is 6.18. The topological polar surface area (TPSA) is 69.0 Å². The first-order chi connectivity index (χ1) is 15.0. The molecule has 158 valence electrons. The average molecular weight is 437 g/mol. The van der Waals surface area contributed by atoms with E-state index < -0.39 is 5.82 Å². The van der Waals surface area contributed by atoms with Gasteiger partial charge < -0.3 is 14.6 Å². The predicted molar refractivity (Wildman–Crippen MR) is 120 cm³/mol. The number of fused-ring (bicyclic) bond motifs is 1. The lowest BCUT2D eigenvalue weighted by molar-refractivity contribution is -0.113. The summed E-state index contributed by atoms with van der Waals surface area (Å²) in [6, 6.07) is 18.2. The molecule has 1 aromatic heterocycles. The van der Waals surface area contributed by atoms with E-state index in [1.54, 1.807) is 16.7 Å². The Morgan fingerprint density at radius 3 is 2.71 bits per heavy atom. The summed E-state index contributed by atoms with van der Waals surface area (Å²) in [7, 11) is 1.82. The number of hydrogen-bond acceptors (Lipinski definition) is 5. The number of nitrogens with zero attached hydrogens (tertiary/aromatic N) is 3. The Bertz CT molecular complexity index is 1240. The van der Waals surface area contributed by atoms with Gasteiger partial charge >= 0.3 is 0 Å². The van der Waals surface area contributed by atoms with Crippen LogP contribution in [0.2, 0.25) is 0 Å². The van der Waals surface area contributed by atoms with Crippen molar-refractivity contribution in [3.63, 3.8) is 0 Å². The molecule has 0 unspecified atom stereocenters. The van der Waals surface area contributed by atoms with E-state index in [2.05, 4.69) is 27.6 Å². The summed E-state index contributed by atoms with van der Waals surface area (Å²) in [5, 5.41) is 13.8. The van der Waals surface area contributed by atoms with Gasteiger partial charge in [0.1, 0.15) is 18.2 Å². The molecule has 3 aromatic carbocycles. The highest BCUT2D eigenvalue weighted by Gasteiger charge is 2.14. The van der Waals surface area contributed by atoms with Crippen molar-refractivity contribution in [1.82, 2.24) is 14.8 Å². The van der Waals surface area contributed by atoms with Crippen LogP contribution in [0.1, 0.15) is 11.4 Å².